The molecule has 1 aliphatic heterocycles. The summed E-state index contributed by atoms with van der Waals surface area (Å²) in [7, 11) is 1.93. The molecular formula is C14H15BrN2O2S. The third-order valence-corrected chi connectivity index (χ3v) is 4.59. The molecule has 1 N–H and O–H groups in total. The Labute approximate surface area is 130 Å². The topological polar surface area (TPSA) is 43.4 Å². The summed E-state index contributed by atoms with van der Waals surface area (Å²) in [5.74, 6) is 1.58. The Morgan fingerprint density at radius 2 is 2.20 bits per heavy atom. The van der Waals surface area contributed by atoms with Crippen LogP contribution < -0.4 is 14.8 Å². The average molecular weight is 355 g/mol. The van der Waals surface area contributed by atoms with Crippen molar-refractivity contribution in [2.24, 2.45) is 0 Å². The van der Waals surface area contributed by atoms with Gasteiger partial charge in [-0.2, -0.15) is 0 Å². The van der Waals surface area contributed by atoms with Crippen LogP contribution in [-0.4, -0.2) is 25.2 Å². The van der Waals surface area contributed by atoms with Crippen molar-refractivity contribution in [3.8, 4) is 22.1 Å². The molecule has 0 saturated heterocycles. The van der Waals surface area contributed by atoms with E-state index in [0.717, 1.165) is 39.5 Å². The fraction of sp³-hybridized carbons (Fsp3) is 0.357. The highest BCUT2D eigenvalue weighted by atomic mass is 79.9. The number of nitrogens with zero attached hydrogens (tertiary/aromatic N) is 1. The predicted octanol–water partition coefficient (Wildman–Crippen LogP) is 3.45. The molecule has 3 rings (SSSR count). The molecule has 20 heavy (non-hydrogen) atoms. The maximum atomic E-state index is 5.76. The first-order chi connectivity index (χ1) is 9.78. The van der Waals surface area contributed by atoms with Crippen LogP contribution in [-0.2, 0) is 6.54 Å². The number of nitrogens with one attached hydrogen (secondary N) is 1. The van der Waals surface area contributed by atoms with Crippen molar-refractivity contribution in [1.82, 2.24) is 10.3 Å². The van der Waals surface area contributed by atoms with E-state index in [4.69, 9.17) is 9.47 Å². The van der Waals surface area contributed by atoms with Crippen LogP contribution in [0.15, 0.2) is 22.8 Å². The maximum Gasteiger partial charge on any atom is 0.175 e. The van der Waals surface area contributed by atoms with Crippen molar-refractivity contribution in [3.63, 3.8) is 0 Å². The first-order valence-electron chi connectivity index (χ1n) is 6.47. The molecule has 0 amide bonds. The predicted molar refractivity (Wildman–Crippen MR) is 83.6 cm³/mol. The van der Waals surface area contributed by atoms with Crippen molar-refractivity contribution in [2.45, 2.75) is 13.0 Å². The van der Waals surface area contributed by atoms with Crippen LogP contribution in [0.25, 0.3) is 10.6 Å². The number of aromatic nitrogens is 1. The lowest BCUT2D eigenvalue weighted by molar-refractivity contribution is 0.296. The van der Waals surface area contributed by atoms with E-state index in [1.165, 1.54) is 4.88 Å². The van der Waals surface area contributed by atoms with Gasteiger partial charge in [0.1, 0.15) is 5.01 Å². The van der Waals surface area contributed by atoms with Crippen LogP contribution >= 0.6 is 27.3 Å². The number of rotatable bonds is 3. The summed E-state index contributed by atoms with van der Waals surface area (Å²) >= 11 is 5.25. The molecule has 0 bridgehead atoms. The van der Waals surface area contributed by atoms with Crippen LogP contribution in [0, 0.1) is 0 Å². The SMILES string of the molecule is CNCc1cnc(-c2cc(Br)c3c(c2)OCCCO3)s1. The molecule has 0 aliphatic carbocycles. The highest BCUT2D eigenvalue weighted by Crippen LogP contribution is 2.41. The standard InChI is InChI=1S/C14H15BrN2O2S/c1-16-7-10-8-17-14(20-10)9-5-11(15)13-12(6-9)18-3-2-4-19-13/h5-6,8,16H,2-4,7H2,1H3. The van der Waals surface area contributed by atoms with Crippen molar-refractivity contribution >= 4 is 27.3 Å². The van der Waals surface area contributed by atoms with Gasteiger partial charge in [-0.15, -0.1) is 11.3 Å². The molecule has 1 aromatic carbocycles. The lowest BCUT2D eigenvalue weighted by Gasteiger charge is -2.10. The molecule has 0 radical (unpaired) electrons. The van der Waals surface area contributed by atoms with Gasteiger partial charge in [0.05, 0.1) is 17.7 Å². The number of ether oxygens (including phenoxy) is 2. The van der Waals surface area contributed by atoms with Crippen LogP contribution in [0.5, 0.6) is 11.5 Å². The van der Waals surface area contributed by atoms with Crippen molar-refractivity contribution in [3.05, 3.63) is 27.7 Å². The molecule has 2 aromatic rings. The number of benzene rings is 1. The van der Waals surface area contributed by atoms with Gasteiger partial charge < -0.3 is 14.8 Å². The van der Waals surface area contributed by atoms with Crippen LogP contribution in [0.3, 0.4) is 0 Å². The van der Waals surface area contributed by atoms with E-state index in [9.17, 15) is 0 Å². The van der Waals surface area contributed by atoms with Gasteiger partial charge in [-0.1, -0.05) is 0 Å². The molecule has 106 valence electrons. The quantitative estimate of drug-likeness (QED) is 0.916. The minimum atomic E-state index is 0.686. The number of hydrogen-bond donors (Lipinski definition) is 1. The third kappa shape index (κ3) is 2.82. The summed E-state index contributed by atoms with van der Waals surface area (Å²) in [4.78, 5) is 5.69. The van der Waals surface area contributed by atoms with Gasteiger partial charge in [-0.3, -0.25) is 0 Å². The van der Waals surface area contributed by atoms with E-state index in [0.29, 0.717) is 13.2 Å². The normalized spacial score (nSPS) is 14.1. The molecule has 0 saturated carbocycles. The fourth-order valence-electron chi connectivity index (χ4n) is 2.05. The minimum absolute atomic E-state index is 0.686. The largest absolute Gasteiger partial charge is 0.489 e. The van der Waals surface area contributed by atoms with Crippen LogP contribution in [0.1, 0.15) is 11.3 Å². The van der Waals surface area contributed by atoms with E-state index in [2.05, 4.69) is 26.2 Å². The van der Waals surface area contributed by atoms with Crippen LogP contribution in [0.2, 0.25) is 0 Å². The Hall–Kier alpha value is -1.11. The molecule has 4 nitrogen and oxygen atoms in total. The second-order valence-corrected chi connectivity index (χ2v) is 6.47. The summed E-state index contributed by atoms with van der Waals surface area (Å²) in [6.07, 6.45) is 2.81. The lowest BCUT2D eigenvalue weighted by atomic mass is 10.2. The number of halogens is 1. The number of fused-ring (bicyclic) bond motifs is 1. The van der Waals surface area contributed by atoms with Crippen molar-refractivity contribution in [1.29, 1.82) is 0 Å². The Bertz CT molecular complexity index is 615. The minimum Gasteiger partial charge on any atom is -0.489 e. The van der Waals surface area contributed by atoms with E-state index in [1.807, 2.05) is 25.4 Å². The molecule has 0 atom stereocenters. The summed E-state index contributed by atoms with van der Waals surface area (Å²) in [6, 6.07) is 4.04. The Morgan fingerprint density at radius 3 is 3.05 bits per heavy atom. The first-order valence-corrected chi connectivity index (χ1v) is 8.07. The zero-order valence-electron chi connectivity index (χ0n) is 11.1. The molecule has 0 fully saturated rings. The van der Waals surface area contributed by atoms with Gasteiger partial charge in [0.15, 0.2) is 11.5 Å². The zero-order chi connectivity index (χ0) is 13.9. The molecule has 0 unspecified atom stereocenters. The van der Waals surface area contributed by atoms with Gasteiger partial charge in [0.2, 0.25) is 0 Å². The Morgan fingerprint density at radius 1 is 1.35 bits per heavy atom. The number of hydrogen-bond acceptors (Lipinski definition) is 5. The van der Waals surface area contributed by atoms with E-state index < -0.39 is 0 Å². The smallest absolute Gasteiger partial charge is 0.175 e. The monoisotopic (exact) mass is 354 g/mol. The lowest BCUT2D eigenvalue weighted by Crippen LogP contribution is -2.02. The summed E-state index contributed by atoms with van der Waals surface area (Å²) in [5, 5.41) is 4.13. The van der Waals surface area contributed by atoms with Gasteiger partial charge >= 0.3 is 0 Å². The fourth-order valence-corrected chi connectivity index (χ4v) is 3.52. The third-order valence-electron chi connectivity index (χ3n) is 2.95. The summed E-state index contributed by atoms with van der Waals surface area (Å²) in [6.45, 7) is 2.21. The molecular weight excluding hydrogens is 340 g/mol. The van der Waals surface area contributed by atoms with Crippen LogP contribution in [0.4, 0.5) is 0 Å². The summed E-state index contributed by atoms with van der Waals surface area (Å²) < 4.78 is 12.4. The van der Waals surface area contributed by atoms with E-state index in [1.54, 1.807) is 11.3 Å². The first kappa shape index (κ1) is 13.9. The molecule has 2 heterocycles. The maximum absolute atomic E-state index is 5.76. The van der Waals surface area contributed by atoms with Crippen molar-refractivity contribution < 1.29 is 9.47 Å². The van der Waals surface area contributed by atoms with E-state index in [-0.39, 0.29) is 0 Å². The second-order valence-electron chi connectivity index (χ2n) is 4.50. The Balaban J connectivity index is 1.97. The Kier molecular flexibility index (Phi) is 4.24. The number of thiazole rings is 1. The second kappa shape index (κ2) is 6.11. The molecule has 1 aromatic heterocycles. The van der Waals surface area contributed by atoms with Gasteiger partial charge in [-0.25, -0.2) is 4.98 Å². The summed E-state index contributed by atoms with van der Waals surface area (Å²) in [5.41, 5.74) is 1.05. The van der Waals surface area contributed by atoms with Crippen molar-refractivity contribution in [2.75, 3.05) is 20.3 Å². The highest BCUT2D eigenvalue weighted by molar-refractivity contribution is 9.10. The molecule has 6 heteroatoms. The van der Waals surface area contributed by atoms with Gasteiger partial charge in [0, 0.05) is 29.6 Å². The molecule has 1 aliphatic rings. The van der Waals surface area contributed by atoms with Gasteiger partial charge in [0.25, 0.3) is 0 Å². The van der Waals surface area contributed by atoms with Gasteiger partial charge in [-0.05, 0) is 35.1 Å². The average Bonchev–Trinajstić information content (AvgIpc) is 2.76. The zero-order valence-corrected chi connectivity index (χ0v) is 13.5. The van der Waals surface area contributed by atoms with E-state index >= 15 is 0 Å². The molecule has 0 spiro atoms. The highest BCUT2D eigenvalue weighted by Gasteiger charge is 2.17.